The fraction of sp³-hybridized carbons (Fsp3) is 0.412. The van der Waals surface area contributed by atoms with Crippen LogP contribution < -0.4 is 10.6 Å². The van der Waals surface area contributed by atoms with Crippen LogP contribution in [0.15, 0.2) is 34.9 Å². The fourth-order valence-corrected chi connectivity index (χ4v) is 2.16. The second-order valence-corrected chi connectivity index (χ2v) is 5.69. The molecule has 1 amide bonds. The molecule has 0 aliphatic rings. The summed E-state index contributed by atoms with van der Waals surface area (Å²) < 4.78 is 4.95. The molecule has 0 bridgehead atoms. The van der Waals surface area contributed by atoms with Crippen LogP contribution in [0.2, 0.25) is 0 Å². The lowest BCUT2D eigenvalue weighted by atomic mass is 10.0. The number of carbonyl (C=O) groups excluding carboxylic acids is 1. The van der Waals surface area contributed by atoms with E-state index in [0.717, 1.165) is 5.69 Å². The molecular weight excluding hydrogens is 278 g/mol. The minimum Gasteiger partial charge on any atom is -0.374 e. The number of anilines is 2. The number of nitrogens with one attached hydrogen (secondary N) is 2. The van der Waals surface area contributed by atoms with Crippen molar-refractivity contribution in [2.24, 2.45) is 0 Å². The Morgan fingerprint density at radius 3 is 2.45 bits per heavy atom. The molecule has 0 saturated heterocycles. The van der Waals surface area contributed by atoms with E-state index in [1.54, 1.807) is 13.0 Å². The van der Waals surface area contributed by atoms with Gasteiger partial charge in [0.25, 0.3) is 0 Å². The lowest BCUT2D eigenvalue weighted by Crippen LogP contribution is -2.34. The van der Waals surface area contributed by atoms with Crippen LogP contribution in [0.4, 0.5) is 11.5 Å². The maximum absolute atomic E-state index is 12.3. The molecule has 1 aromatic heterocycles. The van der Waals surface area contributed by atoms with Gasteiger partial charge in [-0.15, -0.1) is 0 Å². The number of rotatable bonds is 6. The van der Waals surface area contributed by atoms with Gasteiger partial charge in [-0.25, -0.2) is 0 Å². The average molecular weight is 301 g/mol. The highest BCUT2D eigenvalue weighted by atomic mass is 16.5. The maximum atomic E-state index is 12.3. The van der Waals surface area contributed by atoms with Crippen molar-refractivity contribution in [1.29, 1.82) is 0 Å². The van der Waals surface area contributed by atoms with Gasteiger partial charge >= 0.3 is 0 Å². The summed E-state index contributed by atoms with van der Waals surface area (Å²) in [4.78, 5) is 12.3. The van der Waals surface area contributed by atoms with E-state index in [9.17, 15) is 4.79 Å². The average Bonchev–Trinajstić information content (AvgIpc) is 2.90. The quantitative estimate of drug-likeness (QED) is 0.848. The molecule has 0 radical (unpaired) electrons. The van der Waals surface area contributed by atoms with Gasteiger partial charge in [-0.1, -0.05) is 38.1 Å². The van der Waals surface area contributed by atoms with Crippen molar-refractivity contribution >= 4 is 17.4 Å². The van der Waals surface area contributed by atoms with Gasteiger partial charge < -0.3 is 15.2 Å². The van der Waals surface area contributed by atoms with Gasteiger partial charge in [-0.2, -0.15) is 0 Å². The first-order valence-electron chi connectivity index (χ1n) is 7.60. The molecule has 0 aliphatic heterocycles. The Morgan fingerprint density at radius 1 is 1.27 bits per heavy atom. The van der Waals surface area contributed by atoms with Crippen molar-refractivity contribution in [1.82, 2.24) is 5.16 Å². The highest BCUT2D eigenvalue weighted by Gasteiger charge is 2.17. The molecule has 118 valence electrons. The lowest BCUT2D eigenvalue weighted by Gasteiger charge is -2.17. The first-order chi connectivity index (χ1) is 10.5. The highest BCUT2D eigenvalue weighted by molar-refractivity contribution is 5.95. The van der Waals surface area contributed by atoms with Crippen LogP contribution in [0.3, 0.4) is 0 Å². The third-order valence-corrected chi connectivity index (χ3v) is 3.52. The molecule has 1 atom stereocenters. The molecule has 0 saturated carbocycles. The summed E-state index contributed by atoms with van der Waals surface area (Å²) in [5.74, 6) is 1.48. The molecule has 1 unspecified atom stereocenters. The summed E-state index contributed by atoms with van der Waals surface area (Å²) in [5, 5.41) is 9.78. The molecule has 5 nitrogen and oxygen atoms in total. The Labute approximate surface area is 131 Å². The van der Waals surface area contributed by atoms with Crippen LogP contribution in [0.25, 0.3) is 0 Å². The topological polar surface area (TPSA) is 67.2 Å². The van der Waals surface area contributed by atoms with E-state index in [0.29, 0.717) is 23.9 Å². The summed E-state index contributed by atoms with van der Waals surface area (Å²) >= 11 is 0. The number of aryl methyl sites for hydroxylation is 1. The normalized spacial score (nSPS) is 12.2. The number of hydrogen-bond acceptors (Lipinski definition) is 4. The minimum absolute atomic E-state index is 0.122. The van der Waals surface area contributed by atoms with Crippen molar-refractivity contribution < 1.29 is 9.32 Å². The lowest BCUT2D eigenvalue weighted by molar-refractivity contribution is -0.117. The Kier molecular flexibility index (Phi) is 5.20. The predicted octanol–water partition coefficient (Wildman–Crippen LogP) is 3.94. The van der Waals surface area contributed by atoms with Crippen LogP contribution in [0, 0.1) is 6.92 Å². The van der Waals surface area contributed by atoms with Gasteiger partial charge in [0.2, 0.25) is 5.91 Å². The van der Waals surface area contributed by atoms with Crippen LogP contribution >= 0.6 is 0 Å². The molecule has 0 fully saturated rings. The van der Waals surface area contributed by atoms with Crippen LogP contribution in [-0.4, -0.2) is 17.1 Å². The number of carbonyl (C=O) groups is 1. The van der Waals surface area contributed by atoms with Crippen LogP contribution in [-0.2, 0) is 4.79 Å². The smallest absolute Gasteiger partial charge is 0.248 e. The van der Waals surface area contributed by atoms with Crippen molar-refractivity contribution in [3.8, 4) is 0 Å². The van der Waals surface area contributed by atoms with E-state index in [1.807, 2.05) is 19.1 Å². The number of nitrogens with zero attached hydrogens (tertiary/aromatic N) is 1. The maximum Gasteiger partial charge on any atom is 0.248 e. The Bertz CT molecular complexity index is 617. The van der Waals surface area contributed by atoms with Gasteiger partial charge in [0, 0.05) is 11.8 Å². The number of hydrogen-bond donors (Lipinski definition) is 2. The third-order valence-electron chi connectivity index (χ3n) is 3.52. The number of aromatic nitrogens is 1. The zero-order valence-corrected chi connectivity index (χ0v) is 13.5. The standard InChI is InChI=1S/C17H23N3O2/c1-5-15(17(21)19-16-10-12(4)22-20-16)18-14-8-6-13(7-9-14)11(2)3/h6-11,15,18H,5H2,1-4H3,(H,19,20,21). The van der Waals surface area contributed by atoms with E-state index in [-0.39, 0.29) is 11.9 Å². The van der Waals surface area contributed by atoms with Crippen molar-refractivity contribution in [2.75, 3.05) is 10.6 Å². The van der Waals surface area contributed by atoms with Crippen LogP contribution in [0.5, 0.6) is 0 Å². The van der Waals surface area contributed by atoms with E-state index in [4.69, 9.17) is 4.52 Å². The van der Waals surface area contributed by atoms with Crippen molar-refractivity contribution in [3.63, 3.8) is 0 Å². The number of benzene rings is 1. The monoisotopic (exact) mass is 301 g/mol. The Morgan fingerprint density at radius 2 is 1.95 bits per heavy atom. The predicted molar refractivity (Wildman–Crippen MR) is 88.1 cm³/mol. The largest absolute Gasteiger partial charge is 0.374 e. The second-order valence-electron chi connectivity index (χ2n) is 5.69. The van der Waals surface area contributed by atoms with Gasteiger partial charge in [-0.05, 0) is 37.0 Å². The third kappa shape index (κ3) is 4.10. The SMILES string of the molecule is CCC(Nc1ccc(C(C)C)cc1)C(=O)Nc1cc(C)on1. The zero-order valence-electron chi connectivity index (χ0n) is 13.5. The van der Waals surface area contributed by atoms with E-state index in [2.05, 4.69) is 41.8 Å². The number of amides is 1. The first kappa shape index (κ1) is 16.1. The molecule has 1 aromatic carbocycles. The summed E-state index contributed by atoms with van der Waals surface area (Å²) in [7, 11) is 0. The molecule has 0 spiro atoms. The molecule has 1 heterocycles. The van der Waals surface area contributed by atoms with Gasteiger partial charge in [0.05, 0.1) is 0 Å². The summed E-state index contributed by atoms with van der Waals surface area (Å²) in [6.07, 6.45) is 0.675. The summed E-state index contributed by atoms with van der Waals surface area (Å²) in [6.45, 7) is 8.07. The van der Waals surface area contributed by atoms with Gasteiger partial charge in [-0.3, -0.25) is 4.79 Å². The molecule has 2 rings (SSSR count). The highest BCUT2D eigenvalue weighted by Crippen LogP contribution is 2.18. The molecule has 0 aliphatic carbocycles. The van der Waals surface area contributed by atoms with E-state index < -0.39 is 0 Å². The van der Waals surface area contributed by atoms with Crippen LogP contribution in [0.1, 0.15) is 44.4 Å². The van der Waals surface area contributed by atoms with E-state index >= 15 is 0 Å². The molecule has 2 aromatic rings. The van der Waals surface area contributed by atoms with Crippen molar-refractivity contribution in [3.05, 3.63) is 41.7 Å². The van der Waals surface area contributed by atoms with Gasteiger partial charge in [0.1, 0.15) is 11.8 Å². The summed E-state index contributed by atoms with van der Waals surface area (Å²) in [5.41, 5.74) is 2.21. The molecular formula is C17H23N3O2. The molecule has 22 heavy (non-hydrogen) atoms. The zero-order chi connectivity index (χ0) is 16.1. The van der Waals surface area contributed by atoms with E-state index in [1.165, 1.54) is 5.56 Å². The molecule has 5 heteroatoms. The first-order valence-corrected chi connectivity index (χ1v) is 7.60. The van der Waals surface area contributed by atoms with Crippen molar-refractivity contribution in [2.45, 2.75) is 46.1 Å². The second kappa shape index (κ2) is 7.11. The molecule has 2 N–H and O–H groups in total. The summed E-state index contributed by atoms with van der Waals surface area (Å²) in [6, 6.07) is 9.55. The Balaban J connectivity index is 2.00. The Hall–Kier alpha value is -2.30. The fourth-order valence-electron chi connectivity index (χ4n) is 2.16. The minimum atomic E-state index is -0.318. The van der Waals surface area contributed by atoms with Gasteiger partial charge in [0.15, 0.2) is 5.82 Å².